The van der Waals surface area contributed by atoms with E-state index in [0.29, 0.717) is 11.6 Å². The molecule has 0 saturated carbocycles. The van der Waals surface area contributed by atoms with Crippen molar-refractivity contribution in [2.24, 2.45) is 0 Å². The van der Waals surface area contributed by atoms with E-state index in [0.717, 1.165) is 30.7 Å². The molecule has 2 N–H and O–H groups in total. The third-order valence-electron chi connectivity index (χ3n) is 3.63. The van der Waals surface area contributed by atoms with Crippen molar-refractivity contribution in [2.75, 3.05) is 18.1 Å². The van der Waals surface area contributed by atoms with Crippen LogP contribution in [-0.4, -0.2) is 32.7 Å². The Hall–Kier alpha value is -3.15. The average Bonchev–Trinajstić information content (AvgIpc) is 2.64. The first-order valence-electron chi connectivity index (χ1n) is 8.22. The molecule has 1 aromatic carbocycles. The molecule has 30 heavy (non-hydrogen) atoms. The van der Waals surface area contributed by atoms with Crippen molar-refractivity contribution in [1.82, 2.24) is 10.3 Å². The minimum absolute atomic E-state index is 0.133. The monoisotopic (exact) mass is 447 g/mol. The van der Waals surface area contributed by atoms with Gasteiger partial charge in [-0.3, -0.25) is 9.52 Å². The summed E-state index contributed by atoms with van der Waals surface area (Å²) < 4.78 is 82.3. The largest absolute Gasteiger partial charge is 0.481 e. The summed E-state index contributed by atoms with van der Waals surface area (Å²) in [5.74, 6) is -1.79. The first kappa shape index (κ1) is 23.1. The van der Waals surface area contributed by atoms with Crippen LogP contribution in [0.4, 0.5) is 23.2 Å². The van der Waals surface area contributed by atoms with Crippen LogP contribution in [-0.2, 0) is 27.5 Å². The van der Waals surface area contributed by atoms with Crippen LogP contribution >= 0.6 is 0 Å². The smallest absolute Gasteiger partial charge is 0.417 e. The van der Waals surface area contributed by atoms with Crippen LogP contribution < -0.4 is 14.8 Å². The number of nitrogens with one attached hydrogen (secondary N) is 2. The van der Waals surface area contributed by atoms with Crippen LogP contribution in [0.3, 0.4) is 0 Å². The van der Waals surface area contributed by atoms with Gasteiger partial charge in [-0.25, -0.2) is 17.8 Å². The molecule has 1 aromatic heterocycles. The van der Waals surface area contributed by atoms with Crippen molar-refractivity contribution < 1.29 is 35.5 Å². The Bertz CT molecular complexity index is 1070. The molecule has 7 nitrogen and oxygen atoms in total. The highest BCUT2D eigenvalue weighted by Crippen LogP contribution is 2.34. The van der Waals surface area contributed by atoms with Crippen molar-refractivity contribution in [1.29, 1.82) is 0 Å². The van der Waals surface area contributed by atoms with Gasteiger partial charge in [0, 0.05) is 30.4 Å². The average molecular weight is 447 g/mol. The summed E-state index contributed by atoms with van der Waals surface area (Å²) in [7, 11) is -2.47. The molecule has 0 unspecified atom stereocenters. The normalized spacial score (nSPS) is 12.1. The Kier molecular flexibility index (Phi) is 7.03. The molecule has 0 fully saturated rings. The third-order valence-corrected chi connectivity index (χ3v) is 4.22. The van der Waals surface area contributed by atoms with Crippen molar-refractivity contribution in [2.45, 2.75) is 12.7 Å². The number of benzene rings is 1. The number of methoxy groups -OCH3 is 1. The standard InChI is InChI=1S/C18H17F4N3O4S/c1-29-17-8-13(18(20,21)22)12(10-24-17)4-6-16(26)23-9-11-3-5-15(14(19)7-11)25-30(2,27)28/h3-8,10,25H,9H2,1-2H3,(H,23,26)/b6-4-. The molecule has 1 amide bonds. The van der Waals surface area contributed by atoms with Gasteiger partial charge in [-0.1, -0.05) is 6.07 Å². The summed E-state index contributed by atoms with van der Waals surface area (Å²) in [4.78, 5) is 15.6. The van der Waals surface area contributed by atoms with Gasteiger partial charge in [0.05, 0.1) is 24.6 Å². The molecule has 0 aliphatic carbocycles. The van der Waals surface area contributed by atoms with E-state index in [4.69, 9.17) is 0 Å². The van der Waals surface area contributed by atoms with Gasteiger partial charge < -0.3 is 10.1 Å². The molecule has 0 aliphatic heterocycles. The number of sulfonamides is 1. The molecule has 2 rings (SSSR count). The minimum Gasteiger partial charge on any atom is -0.481 e. The number of hydrogen-bond acceptors (Lipinski definition) is 5. The molecule has 0 bridgehead atoms. The fourth-order valence-corrected chi connectivity index (χ4v) is 2.87. The topological polar surface area (TPSA) is 97.4 Å². The highest BCUT2D eigenvalue weighted by atomic mass is 32.2. The molecule has 2 aromatic rings. The second-order valence-corrected chi connectivity index (χ2v) is 7.80. The maximum Gasteiger partial charge on any atom is 0.417 e. The van der Waals surface area contributed by atoms with E-state index in [1.54, 1.807) is 0 Å². The van der Waals surface area contributed by atoms with Crippen LogP contribution in [0.1, 0.15) is 16.7 Å². The highest BCUT2D eigenvalue weighted by molar-refractivity contribution is 7.92. The van der Waals surface area contributed by atoms with Crippen LogP contribution in [0.25, 0.3) is 6.08 Å². The number of carbonyl (C=O) groups is 1. The molecule has 0 atom stereocenters. The van der Waals surface area contributed by atoms with Gasteiger partial charge >= 0.3 is 6.18 Å². The number of anilines is 1. The lowest BCUT2D eigenvalue weighted by molar-refractivity contribution is -0.138. The van der Waals surface area contributed by atoms with E-state index >= 15 is 0 Å². The van der Waals surface area contributed by atoms with Gasteiger partial charge in [-0.15, -0.1) is 0 Å². The number of alkyl halides is 3. The van der Waals surface area contributed by atoms with E-state index in [9.17, 15) is 30.8 Å². The first-order valence-corrected chi connectivity index (χ1v) is 10.1. The number of pyridine rings is 1. The number of nitrogens with zero attached hydrogens (tertiary/aromatic N) is 1. The zero-order valence-electron chi connectivity index (χ0n) is 15.7. The number of carbonyl (C=O) groups excluding carboxylic acids is 1. The first-order chi connectivity index (χ1) is 13.9. The second kappa shape index (κ2) is 9.11. The summed E-state index contributed by atoms with van der Waals surface area (Å²) in [5.41, 5.74) is -1.29. The second-order valence-electron chi connectivity index (χ2n) is 6.05. The third kappa shape index (κ3) is 6.72. The highest BCUT2D eigenvalue weighted by Gasteiger charge is 2.33. The Balaban J connectivity index is 2.06. The van der Waals surface area contributed by atoms with Gasteiger partial charge in [-0.05, 0) is 23.8 Å². The number of ether oxygens (including phenoxy) is 1. The summed E-state index contributed by atoms with van der Waals surface area (Å²) in [6.45, 7) is -0.133. The fraction of sp³-hybridized carbons (Fsp3) is 0.222. The summed E-state index contributed by atoms with van der Waals surface area (Å²) in [5, 5.41) is 2.39. The van der Waals surface area contributed by atoms with Crippen molar-refractivity contribution in [3.05, 3.63) is 59.0 Å². The molecule has 12 heteroatoms. The van der Waals surface area contributed by atoms with Crippen molar-refractivity contribution >= 4 is 27.7 Å². The van der Waals surface area contributed by atoms with Crippen LogP contribution in [0, 0.1) is 5.82 Å². The predicted molar refractivity (Wildman–Crippen MR) is 102 cm³/mol. The maximum atomic E-state index is 13.9. The molecular weight excluding hydrogens is 430 g/mol. The summed E-state index contributed by atoms with van der Waals surface area (Å²) in [6.07, 6.45) is -1.05. The molecule has 0 aliphatic rings. The van der Waals surface area contributed by atoms with Gasteiger partial charge in [-0.2, -0.15) is 13.2 Å². The zero-order valence-corrected chi connectivity index (χ0v) is 16.6. The lowest BCUT2D eigenvalue weighted by Crippen LogP contribution is -2.20. The molecule has 1 heterocycles. The Labute approximate surface area is 169 Å². The van der Waals surface area contributed by atoms with E-state index < -0.39 is 33.5 Å². The number of rotatable bonds is 7. The molecular formula is C18H17F4N3O4S. The Morgan fingerprint density at radius 3 is 2.53 bits per heavy atom. The zero-order chi connectivity index (χ0) is 22.5. The van der Waals surface area contributed by atoms with Gasteiger partial charge in [0.1, 0.15) is 5.82 Å². The lowest BCUT2D eigenvalue weighted by Gasteiger charge is -2.11. The number of amides is 1. The number of halogens is 4. The van der Waals surface area contributed by atoms with Gasteiger partial charge in [0.15, 0.2) is 0 Å². The quantitative estimate of drug-likeness (QED) is 0.503. The Morgan fingerprint density at radius 1 is 1.27 bits per heavy atom. The van der Waals surface area contributed by atoms with Crippen molar-refractivity contribution in [3.63, 3.8) is 0 Å². The lowest BCUT2D eigenvalue weighted by atomic mass is 10.1. The van der Waals surface area contributed by atoms with Crippen LogP contribution in [0.15, 0.2) is 36.5 Å². The molecule has 162 valence electrons. The molecule has 0 saturated heterocycles. The maximum absolute atomic E-state index is 13.9. The number of aromatic nitrogens is 1. The van der Waals surface area contributed by atoms with E-state index in [2.05, 4.69) is 15.0 Å². The Morgan fingerprint density at radius 2 is 1.97 bits per heavy atom. The fourth-order valence-electron chi connectivity index (χ4n) is 2.30. The summed E-state index contributed by atoms with van der Waals surface area (Å²) >= 11 is 0. The predicted octanol–water partition coefficient (Wildman–Crippen LogP) is 2.95. The minimum atomic E-state index is -4.67. The number of hydrogen-bond donors (Lipinski definition) is 2. The SMILES string of the molecule is COc1cc(C(F)(F)F)c(/C=C\C(=O)NCc2ccc(NS(C)(=O)=O)c(F)c2)cn1. The van der Waals surface area contributed by atoms with Crippen LogP contribution in [0.2, 0.25) is 0 Å². The van der Waals surface area contributed by atoms with Gasteiger partial charge in [0.2, 0.25) is 21.8 Å². The summed E-state index contributed by atoms with van der Waals surface area (Å²) in [6, 6.07) is 4.31. The van der Waals surface area contributed by atoms with Gasteiger partial charge in [0.25, 0.3) is 0 Å². The van der Waals surface area contributed by atoms with Crippen LogP contribution in [0.5, 0.6) is 5.88 Å². The van der Waals surface area contributed by atoms with E-state index in [-0.39, 0.29) is 23.7 Å². The molecule has 0 spiro atoms. The van der Waals surface area contributed by atoms with E-state index in [1.165, 1.54) is 19.2 Å². The van der Waals surface area contributed by atoms with Crippen molar-refractivity contribution in [3.8, 4) is 5.88 Å². The molecule has 0 radical (unpaired) electrons. The van der Waals surface area contributed by atoms with E-state index in [1.807, 2.05) is 4.72 Å².